The van der Waals surface area contributed by atoms with E-state index in [9.17, 15) is 33.6 Å². The summed E-state index contributed by atoms with van der Waals surface area (Å²) < 4.78 is 55.3. The van der Waals surface area contributed by atoms with Gasteiger partial charge in [0.1, 0.15) is 29.8 Å². The molecule has 1 saturated heterocycles. The van der Waals surface area contributed by atoms with Crippen molar-refractivity contribution in [1.29, 1.82) is 0 Å². The lowest BCUT2D eigenvalue weighted by Gasteiger charge is -2.44. The molecule has 0 unspecified atom stereocenters. The number of carbonyl (C=O) groups excluding carboxylic acids is 6. The Balaban J connectivity index is 1.94. The molecule has 0 bridgehead atoms. The van der Waals surface area contributed by atoms with E-state index in [0.29, 0.717) is 0 Å². The molecule has 17 nitrogen and oxygen atoms in total. The lowest BCUT2D eigenvalue weighted by Crippen LogP contribution is -2.63. The van der Waals surface area contributed by atoms with Gasteiger partial charge in [0.05, 0.1) is 12.5 Å². The highest BCUT2D eigenvalue weighted by Gasteiger charge is 2.53. The second-order valence-corrected chi connectivity index (χ2v) is 11.0. The van der Waals surface area contributed by atoms with Gasteiger partial charge in [-0.25, -0.2) is 4.79 Å². The summed E-state index contributed by atoms with van der Waals surface area (Å²) >= 11 is 0. The van der Waals surface area contributed by atoms with Crippen LogP contribution in [0.1, 0.15) is 41.5 Å². The first-order valence-electron chi connectivity index (χ1n) is 15.2. The summed E-state index contributed by atoms with van der Waals surface area (Å²) in [6, 6.07) is 8.06. The smallest absolute Gasteiger partial charge is 0.336 e. The van der Waals surface area contributed by atoms with Gasteiger partial charge in [0, 0.05) is 65.3 Å². The number of ether oxygens (including phenoxy) is 9. The summed E-state index contributed by atoms with van der Waals surface area (Å²) in [5.41, 5.74) is -0.443. The zero-order valence-corrected chi connectivity index (χ0v) is 28.5. The van der Waals surface area contributed by atoms with E-state index in [4.69, 9.17) is 47.0 Å². The van der Waals surface area contributed by atoms with Crippen molar-refractivity contribution in [1.82, 2.24) is 0 Å². The van der Waals surface area contributed by atoms with Crippen LogP contribution in [0.25, 0.3) is 22.1 Å². The molecular formula is C34H34O17. The highest BCUT2D eigenvalue weighted by atomic mass is 16.7. The van der Waals surface area contributed by atoms with Gasteiger partial charge in [-0.05, 0) is 17.7 Å². The fourth-order valence-corrected chi connectivity index (χ4v) is 5.24. The first-order chi connectivity index (χ1) is 24.1. The van der Waals surface area contributed by atoms with Crippen molar-refractivity contribution in [2.75, 3.05) is 13.7 Å². The van der Waals surface area contributed by atoms with Crippen LogP contribution in [0.3, 0.4) is 0 Å². The second-order valence-electron chi connectivity index (χ2n) is 11.0. The van der Waals surface area contributed by atoms with Crippen LogP contribution in [0.15, 0.2) is 45.6 Å². The Morgan fingerprint density at radius 2 is 1.27 bits per heavy atom. The summed E-state index contributed by atoms with van der Waals surface area (Å²) in [6.45, 7) is 6.15. The summed E-state index contributed by atoms with van der Waals surface area (Å²) in [5.74, 6) is -4.84. The van der Waals surface area contributed by atoms with E-state index in [-0.39, 0.29) is 45.1 Å². The van der Waals surface area contributed by atoms with Crippen LogP contribution < -0.4 is 24.6 Å². The Morgan fingerprint density at radius 3 is 1.86 bits per heavy atom. The van der Waals surface area contributed by atoms with Gasteiger partial charge in [0.15, 0.2) is 23.7 Å². The van der Waals surface area contributed by atoms with Crippen molar-refractivity contribution in [3.05, 3.63) is 46.8 Å². The first kappa shape index (κ1) is 37.8. The molecule has 3 aromatic rings. The van der Waals surface area contributed by atoms with Gasteiger partial charge in [0.2, 0.25) is 12.4 Å². The summed E-state index contributed by atoms with van der Waals surface area (Å²) in [6.07, 6.45) is -7.56. The maximum absolute atomic E-state index is 12.9. The van der Waals surface area contributed by atoms with Gasteiger partial charge >= 0.3 is 41.4 Å². The van der Waals surface area contributed by atoms with E-state index in [1.54, 1.807) is 0 Å². The quantitative estimate of drug-likeness (QED) is 0.121. The van der Waals surface area contributed by atoms with Gasteiger partial charge < -0.3 is 47.0 Å². The number of rotatable bonds is 11. The van der Waals surface area contributed by atoms with E-state index in [1.165, 1.54) is 37.4 Å². The molecule has 272 valence electrons. The van der Waals surface area contributed by atoms with Crippen molar-refractivity contribution in [3.63, 3.8) is 0 Å². The summed E-state index contributed by atoms with van der Waals surface area (Å²) in [7, 11) is 1.33. The minimum absolute atomic E-state index is 0.0596. The largest absolute Gasteiger partial charge is 0.496 e. The van der Waals surface area contributed by atoms with Gasteiger partial charge in [-0.1, -0.05) is 6.07 Å². The molecule has 0 N–H and O–H groups in total. The van der Waals surface area contributed by atoms with Crippen molar-refractivity contribution >= 4 is 46.8 Å². The van der Waals surface area contributed by atoms with Crippen LogP contribution >= 0.6 is 0 Å². The van der Waals surface area contributed by atoms with E-state index in [0.717, 1.165) is 47.6 Å². The van der Waals surface area contributed by atoms with Crippen LogP contribution in [-0.4, -0.2) is 80.2 Å². The Kier molecular flexibility index (Phi) is 12.0. The third-order valence-corrected chi connectivity index (χ3v) is 6.97. The molecule has 0 spiro atoms. The fraction of sp³-hybridized carbons (Fsp3) is 0.382. The van der Waals surface area contributed by atoms with E-state index in [2.05, 4.69) is 0 Å². The van der Waals surface area contributed by atoms with Gasteiger partial charge in [0.25, 0.3) is 0 Å². The number of hydrogen-bond donors (Lipinski definition) is 0. The van der Waals surface area contributed by atoms with Crippen LogP contribution in [0.2, 0.25) is 0 Å². The molecule has 2 heterocycles. The maximum Gasteiger partial charge on any atom is 0.336 e. The summed E-state index contributed by atoms with van der Waals surface area (Å²) in [4.78, 5) is 85.0. The lowest BCUT2D eigenvalue weighted by molar-refractivity contribution is -0.288. The highest BCUT2D eigenvalue weighted by molar-refractivity contribution is 5.99. The number of benzene rings is 2. The van der Waals surface area contributed by atoms with Crippen LogP contribution in [0.5, 0.6) is 23.0 Å². The molecule has 51 heavy (non-hydrogen) atoms. The molecule has 2 aromatic carbocycles. The maximum atomic E-state index is 12.9. The fourth-order valence-electron chi connectivity index (χ4n) is 5.24. The Hall–Kier alpha value is -5.97. The zero-order valence-electron chi connectivity index (χ0n) is 28.5. The molecule has 5 atom stereocenters. The number of methoxy groups -OCH3 is 1. The molecular weight excluding hydrogens is 680 g/mol. The molecule has 1 aliphatic heterocycles. The average Bonchev–Trinajstić information content (AvgIpc) is 3.01. The molecule has 0 aliphatic carbocycles. The topological polar surface area (TPSA) is 216 Å². The molecule has 4 rings (SSSR count). The molecule has 1 aliphatic rings. The Bertz CT molecular complexity index is 1910. The van der Waals surface area contributed by atoms with Crippen molar-refractivity contribution in [2.24, 2.45) is 0 Å². The van der Waals surface area contributed by atoms with Gasteiger partial charge in [-0.2, -0.15) is 0 Å². The Morgan fingerprint density at radius 1 is 0.667 bits per heavy atom. The van der Waals surface area contributed by atoms with Crippen LogP contribution in [0.4, 0.5) is 0 Å². The third-order valence-electron chi connectivity index (χ3n) is 6.97. The van der Waals surface area contributed by atoms with E-state index < -0.39 is 78.8 Å². The molecule has 0 amide bonds. The first-order valence-corrected chi connectivity index (χ1v) is 15.2. The zero-order chi connectivity index (χ0) is 37.6. The second kappa shape index (κ2) is 16.2. The molecule has 1 aromatic heterocycles. The van der Waals surface area contributed by atoms with Crippen molar-refractivity contribution in [2.45, 2.75) is 72.2 Å². The van der Waals surface area contributed by atoms with Crippen LogP contribution in [-0.2, 0) is 52.5 Å². The molecule has 0 saturated carbocycles. The van der Waals surface area contributed by atoms with Gasteiger partial charge in [-0.3, -0.25) is 28.8 Å². The predicted octanol–water partition coefficient (Wildman–Crippen LogP) is 2.78. The van der Waals surface area contributed by atoms with Crippen molar-refractivity contribution < 1.29 is 75.8 Å². The standard InChI is InChI=1S/C34H34O17/c1-15(35)43-14-28-31(46-18(4)38)32(47-19(5)39)33(48-20(6)40)34(51-28)50-27-12-22(42-7)11-26-30(27)23(13-29(41)49-26)21-8-9-24(44-16(2)36)25(10-21)45-17(3)37/h8-13,28,31-34H,14H2,1-7H3/t28-,31-,32+,33-,34-/m1/s1. The highest BCUT2D eigenvalue weighted by Crippen LogP contribution is 2.42. The van der Waals surface area contributed by atoms with Crippen LogP contribution in [0, 0.1) is 0 Å². The number of hydrogen-bond acceptors (Lipinski definition) is 17. The minimum atomic E-state index is -1.66. The number of carbonyl (C=O) groups is 6. The van der Waals surface area contributed by atoms with Gasteiger partial charge in [-0.15, -0.1) is 0 Å². The predicted molar refractivity (Wildman–Crippen MR) is 170 cm³/mol. The number of esters is 6. The van der Waals surface area contributed by atoms with Crippen molar-refractivity contribution in [3.8, 4) is 34.1 Å². The number of fused-ring (bicyclic) bond motifs is 1. The lowest BCUT2D eigenvalue weighted by atomic mass is 9.97. The minimum Gasteiger partial charge on any atom is -0.496 e. The molecule has 0 radical (unpaired) electrons. The van der Waals surface area contributed by atoms with E-state index >= 15 is 0 Å². The van der Waals surface area contributed by atoms with E-state index in [1.807, 2.05) is 0 Å². The average molecular weight is 715 g/mol. The molecule has 17 heteroatoms. The molecule has 1 fully saturated rings. The third kappa shape index (κ3) is 9.60. The SMILES string of the molecule is COc1cc(O[C@@H]2O[C@H](COC(C)=O)[C@@H](OC(C)=O)[C@H](OC(C)=O)[C@H]2OC(C)=O)c2c(-c3ccc(OC(C)=O)c(OC(C)=O)c3)cc(=O)oc2c1. The monoisotopic (exact) mass is 714 g/mol. The summed E-state index contributed by atoms with van der Waals surface area (Å²) in [5, 5.41) is 0.122. The normalized spacial score (nSPS) is 19.6. The Labute approximate surface area is 289 Å².